The number of para-hydroxylation sites is 1. The van der Waals surface area contributed by atoms with Crippen molar-refractivity contribution in [2.24, 2.45) is 0 Å². The zero-order valence-electron chi connectivity index (χ0n) is 23.4. The third-order valence-corrected chi connectivity index (χ3v) is 7.25. The first-order valence-corrected chi connectivity index (χ1v) is 13.9. The van der Waals surface area contributed by atoms with E-state index in [0.29, 0.717) is 43.8 Å². The number of aromatic amines is 1. The van der Waals surface area contributed by atoms with Gasteiger partial charge in [0.25, 0.3) is 0 Å². The molecule has 3 N–H and O–H groups in total. The van der Waals surface area contributed by atoms with E-state index in [1.165, 1.54) is 12.1 Å². The lowest BCUT2D eigenvalue weighted by Gasteiger charge is -2.33. The van der Waals surface area contributed by atoms with Crippen LogP contribution in [0.25, 0.3) is 10.9 Å². The maximum Gasteiger partial charge on any atom is 0.318 e. The lowest BCUT2D eigenvalue weighted by Crippen LogP contribution is -2.53. The first kappa shape index (κ1) is 28.2. The number of H-pyrrole nitrogens is 1. The number of fused-ring (bicyclic) bond motifs is 1. The van der Waals surface area contributed by atoms with Crippen molar-refractivity contribution < 1.29 is 18.7 Å². The molecule has 2 heterocycles. The number of halogens is 1. The molecule has 8 nitrogen and oxygen atoms in total. The number of rotatable bonds is 9. The highest BCUT2D eigenvalue weighted by Gasteiger charge is 2.28. The first-order chi connectivity index (χ1) is 19.8. The molecular formula is C32H36FN5O3. The maximum atomic E-state index is 13.6. The molecule has 0 bridgehead atoms. The molecule has 3 aromatic carbocycles. The smallest absolute Gasteiger partial charge is 0.318 e. The molecule has 41 heavy (non-hydrogen) atoms. The highest BCUT2D eigenvalue weighted by Crippen LogP contribution is 2.22. The van der Waals surface area contributed by atoms with Crippen molar-refractivity contribution in [3.8, 4) is 5.75 Å². The number of likely N-dealkylation sites (tertiary alicyclic amines) is 1. The number of anilines is 1. The largest absolute Gasteiger partial charge is 0.490 e. The highest BCUT2D eigenvalue weighted by atomic mass is 19.1. The molecule has 1 aromatic heterocycles. The van der Waals surface area contributed by atoms with Gasteiger partial charge in [0.1, 0.15) is 23.7 Å². The van der Waals surface area contributed by atoms with Gasteiger partial charge in [-0.2, -0.15) is 0 Å². The monoisotopic (exact) mass is 557 g/mol. The number of benzene rings is 3. The van der Waals surface area contributed by atoms with E-state index in [4.69, 9.17) is 4.74 Å². The van der Waals surface area contributed by atoms with Gasteiger partial charge in [-0.05, 0) is 67.7 Å². The van der Waals surface area contributed by atoms with Gasteiger partial charge in [0.05, 0.1) is 0 Å². The molecule has 214 valence electrons. The van der Waals surface area contributed by atoms with Crippen LogP contribution < -0.4 is 15.4 Å². The molecule has 1 aliphatic rings. The molecule has 1 fully saturated rings. The number of aromatic nitrogens is 1. The summed E-state index contributed by atoms with van der Waals surface area (Å²) in [6, 6.07) is 20.5. The lowest BCUT2D eigenvalue weighted by atomic mass is 10.0. The fourth-order valence-electron chi connectivity index (χ4n) is 5.19. The Labute approximate surface area is 239 Å². The number of amides is 3. The van der Waals surface area contributed by atoms with Crippen molar-refractivity contribution in [1.29, 1.82) is 0 Å². The third kappa shape index (κ3) is 7.43. The Hall–Kier alpha value is -4.37. The van der Waals surface area contributed by atoms with E-state index in [0.717, 1.165) is 28.6 Å². The molecule has 0 spiro atoms. The molecule has 1 saturated heterocycles. The minimum absolute atomic E-state index is 0.0655. The van der Waals surface area contributed by atoms with Crippen LogP contribution >= 0.6 is 0 Å². The Bertz CT molecular complexity index is 1480. The molecule has 5 rings (SSSR count). The van der Waals surface area contributed by atoms with E-state index < -0.39 is 6.04 Å². The zero-order chi connectivity index (χ0) is 28.8. The number of nitrogens with zero attached hydrogens (tertiary/aromatic N) is 2. The van der Waals surface area contributed by atoms with Gasteiger partial charge < -0.3 is 30.2 Å². The number of carbonyl (C=O) groups is 2. The average molecular weight is 558 g/mol. The van der Waals surface area contributed by atoms with Gasteiger partial charge in [-0.3, -0.25) is 4.79 Å². The Morgan fingerprint density at radius 3 is 2.56 bits per heavy atom. The van der Waals surface area contributed by atoms with Crippen LogP contribution in [0.2, 0.25) is 0 Å². The summed E-state index contributed by atoms with van der Waals surface area (Å²) in [6.07, 6.45) is 3.45. The van der Waals surface area contributed by atoms with Crippen LogP contribution in [0.3, 0.4) is 0 Å². The van der Waals surface area contributed by atoms with Crippen LogP contribution in [-0.2, 0) is 17.8 Å². The predicted octanol–water partition coefficient (Wildman–Crippen LogP) is 5.17. The Morgan fingerprint density at radius 2 is 1.80 bits per heavy atom. The van der Waals surface area contributed by atoms with Gasteiger partial charge in [0.2, 0.25) is 5.91 Å². The van der Waals surface area contributed by atoms with Crippen LogP contribution in [-0.4, -0.2) is 66.1 Å². The summed E-state index contributed by atoms with van der Waals surface area (Å²) in [5.41, 5.74) is 3.70. The quantitative estimate of drug-likeness (QED) is 0.265. The third-order valence-electron chi connectivity index (χ3n) is 7.25. The van der Waals surface area contributed by atoms with E-state index in [1.54, 1.807) is 17.0 Å². The molecule has 0 saturated carbocycles. The fraction of sp³-hybridized carbons (Fsp3) is 0.312. The van der Waals surface area contributed by atoms with Crippen LogP contribution in [0.4, 0.5) is 14.9 Å². The average Bonchev–Trinajstić information content (AvgIpc) is 3.37. The summed E-state index contributed by atoms with van der Waals surface area (Å²) in [7, 11) is 3.99. The molecule has 0 aliphatic carbocycles. The Kier molecular flexibility index (Phi) is 8.84. The number of hydrogen-bond acceptors (Lipinski definition) is 4. The summed E-state index contributed by atoms with van der Waals surface area (Å²) >= 11 is 0. The molecule has 1 atom stereocenters. The van der Waals surface area contributed by atoms with Gasteiger partial charge in [-0.25, -0.2) is 9.18 Å². The number of urea groups is 1. The maximum absolute atomic E-state index is 13.6. The normalized spacial score (nSPS) is 14.7. The first-order valence-electron chi connectivity index (χ1n) is 13.9. The molecular weight excluding hydrogens is 521 g/mol. The standard InChI is InChI=1S/C32H36FN5O3/c1-37(2)21-22-6-5-7-25(18-22)35-31(39)30(19-23-20-34-29-9-4-3-8-28(23)29)36-32(40)38-16-14-27(15-17-38)41-26-12-10-24(33)11-13-26/h3-13,18,20,27,30,34H,14-17,19,21H2,1-2H3,(H,35,39)(H,36,40)/t30-/m1/s1. The summed E-state index contributed by atoms with van der Waals surface area (Å²) in [5, 5.41) is 7.03. The van der Waals surface area contributed by atoms with Crippen molar-refractivity contribution in [3.63, 3.8) is 0 Å². The highest BCUT2D eigenvalue weighted by molar-refractivity contribution is 5.97. The fourth-order valence-corrected chi connectivity index (χ4v) is 5.19. The summed E-state index contributed by atoms with van der Waals surface area (Å²) < 4.78 is 19.2. The van der Waals surface area contributed by atoms with Crippen molar-refractivity contribution in [2.75, 3.05) is 32.5 Å². The van der Waals surface area contributed by atoms with Crippen molar-refractivity contribution in [2.45, 2.75) is 38.0 Å². The SMILES string of the molecule is CN(C)Cc1cccc(NC(=O)[C@@H](Cc2c[nH]c3ccccc23)NC(=O)N2CCC(Oc3ccc(F)cc3)CC2)c1. The lowest BCUT2D eigenvalue weighted by molar-refractivity contribution is -0.118. The Balaban J connectivity index is 1.26. The van der Waals surface area contributed by atoms with E-state index in [2.05, 4.69) is 20.5 Å². The van der Waals surface area contributed by atoms with Crippen LogP contribution in [0.15, 0.2) is 79.0 Å². The second-order valence-electron chi connectivity index (χ2n) is 10.8. The molecule has 4 aromatic rings. The molecule has 0 unspecified atom stereocenters. The Morgan fingerprint density at radius 1 is 1.05 bits per heavy atom. The van der Waals surface area contributed by atoms with E-state index in [9.17, 15) is 14.0 Å². The number of ether oxygens (including phenoxy) is 1. The van der Waals surface area contributed by atoms with Crippen molar-refractivity contribution >= 4 is 28.5 Å². The molecule has 9 heteroatoms. The number of nitrogens with one attached hydrogen (secondary N) is 3. The van der Waals surface area contributed by atoms with E-state index in [1.807, 2.05) is 68.8 Å². The number of piperidine rings is 1. The van der Waals surface area contributed by atoms with Gasteiger partial charge >= 0.3 is 6.03 Å². The number of hydrogen-bond donors (Lipinski definition) is 3. The van der Waals surface area contributed by atoms with Crippen molar-refractivity contribution in [3.05, 3.63) is 95.9 Å². The van der Waals surface area contributed by atoms with Gasteiger partial charge in [0, 0.05) is 61.7 Å². The van der Waals surface area contributed by atoms with Gasteiger partial charge in [-0.15, -0.1) is 0 Å². The molecule has 0 radical (unpaired) electrons. The van der Waals surface area contributed by atoms with Crippen LogP contribution in [0.1, 0.15) is 24.0 Å². The number of carbonyl (C=O) groups excluding carboxylic acids is 2. The van der Waals surface area contributed by atoms with Crippen LogP contribution in [0, 0.1) is 5.82 Å². The minimum Gasteiger partial charge on any atom is -0.490 e. The molecule has 1 aliphatic heterocycles. The summed E-state index contributed by atoms with van der Waals surface area (Å²) in [5.74, 6) is 0.0240. The second-order valence-corrected chi connectivity index (χ2v) is 10.8. The van der Waals surface area contributed by atoms with Crippen molar-refractivity contribution in [1.82, 2.24) is 20.1 Å². The second kappa shape index (κ2) is 12.9. The summed E-state index contributed by atoms with van der Waals surface area (Å²) in [4.78, 5) is 34.0. The minimum atomic E-state index is -0.785. The van der Waals surface area contributed by atoms with Gasteiger partial charge in [0.15, 0.2) is 0 Å². The molecule has 3 amide bonds. The van der Waals surface area contributed by atoms with E-state index >= 15 is 0 Å². The van der Waals surface area contributed by atoms with Gasteiger partial charge in [-0.1, -0.05) is 30.3 Å². The van der Waals surface area contributed by atoms with E-state index in [-0.39, 0.29) is 23.9 Å². The zero-order valence-corrected chi connectivity index (χ0v) is 23.4. The van der Waals surface area contributed by atoms with Crippen LogP contribution in [0.5, 0.6) is 5.75 Å². The topological polar surface area (TPSA) is 89.7 Å². The predicted molar refractivity (Wildman–Crippen MR) is 158 cm³/mol. The summed E-state index contributed by atoms with van der Waals surface area (Å²) in [6.45, 7) is 1.73.